The van der Waals surface area contributed by atoms with E-state index < -0.39 is 0 Å². The summed E-state index contributed by atoms with van der Waals surface area (Å²) < 4.78 is 12.2. The molecule has 3 nitrogen and oxygen atoms in total. The molecule has 1 fully saturated rings. The lowest BCUT2D eigenvalue weighted by Crippen LogP contribution is -2.40. The first-order chi connectivity index (χ1) is 9.62. The van der Waals surface area contributed by atoms with Crippen molar-refractivity contribution in [2.75, 3.05) is 21.2 Å². The molecule has 0 N–H and O–H groups in total. The van der Waals surface area contributed by atoms with Crippen molar-refractivity contribution in [1.29, 1.82) is 0 Å². The predicted molar refractivity (Wildman–Crippen MR) is 77.0 cm³/mol. The second-order valence-electron chi connectivity index (χ2n) is 6.37. The summed E-state index contributed by atoms with van der Waals surface area (Å²) in [6, 6.07) is 8.67. The van der Waals surface area contributed by atoms with Crippen molar-refractivity contribution in [2.45, 2.75) is 30.6 Å². The van der Waals surface area contributed by atoms with Crippen LogP contribution in [0.1, 0.15) is 30.4 Å². The van der Waals surface area contributed by atoms with Crippen LogP contribution in [0, 0.1) is 5.92 Å². The minimum atomic E-state index is -0.273. The lowest BCUT2D eigenvalue weighted by atomic mass is 9.68. The fraction of sp³-hybridized carbons (Fsp3) is 0.529. The molecule has 106 valence electrons. The van der Waals surface area contributed by atoms with Gasteiger partial charge < -0.3 is 9.47 Å². The minimum Gasteiger partial charge on any atom is -0.501 e. The molecule has 4 rings (SSSR count). The molecule has 0 saturated carbocycles. The molecule has 3 atom stereocenters. The number of rotatable bonds is 2. The lowest BCUT2D eigenvalue weighted by Gasteiger charge is -2.37. The molecule has 20 heavy (non-hydrogen) atoms. The quantitative estimate of drug-likeness (QED) is 0.825. The van der Waals surface area contributed by atoms with E-state index in [2.05, 4.69) is 49.3 Å². The Hall–Kier alpha value is -1.32. The van der Waals surface area contributed by atoms with E-state index >= 15 is 0 Å². The average Bonchev–Trinajstić information content (AvgIpc) is 2.96. The van der Waals surface area contributed by atoms with Crippen molar-refractivity contribution in [3.8, 4) is 0 Å². The third kappa shape index (κ3) is 1.28. The van der Waals surface area contributed by atoms with Gasteiger partial charge in [-0.15, -0.1) is 0 Å². The standard InChI is InChI=1S/C17H21NO2/c1-18(2)17-10-12-8-9-13(19-3)11-16(12,20-17)14-6-4-5-7-15(14)17/h4-7,11-12H,8-10H2,1-3H3/t12-,16-,17+/m0/s1. The molecule has 1 aromatic rings. The number of fused-ring (bicyclic) bond motifs is 3. The molecule has 1 saturated heterocycles. The Kier molecular flexibility index (Phi) is 2.40. The van der Waals surface area contributed by atoms with Crippen LogP contribution >= 0.6 is 0 Å². The first-order valence-corrected chi connectivity index (χ1v) is 7.36. The third-order valence-electron chi connectivity index (χ3n) is 5.34. The first kappa shape index (κ1) is 12.4. The van der Waals surface area contributed by atoms with Gasteiger partial charge in [-0.3, -0.25) is 4.90 Å². The Morgan fingerprint density at radius 3 is 2.70 bits per heavy atom. The third-order valence-corrected chi connectivity index (χ3v) is 5.34. The summed E-state index contributed by atoms with van der Waals surface area (Å²) >= 11 is 0. The second kappa shape index (κ2) is 3.86. The summed E-state index contributed by atoms with van der Waals surface area (Å²) in [4.78, 5) is 2.24. The van der Waals surface area contributed by atoms with Gasteiger partial charge in [0.25, 0.3) is 0 Å². The minimum absolute atomic E-state index is 0.263. The molecule has 0 aromatic heterocycles. The fourth-order valence-electron chi connectivity index (χ4n) is 4.34. The van der Waals surface area contributed by atoms with Crippen LogP contribution in [-0.2, 0) is 20.8 Å². The highest BCUT2D eigenvalue weighted by molar-refractivity contribution is 5.49. The number of allylic oxidation sites excluding steroid dienone is 1. The molecular formula is C17H21NO2. The van der Waals surface area contributed by atoms with E-state index in [1.54, 1.807) is 7.11 Å². The van der Waals surface area contributed by atoms with Crippen LogP contribution in [0.15, 0.2) is 36.1 Å². The number of nitrogens with zero attached hydrogens (tertiary/aromatic N) is 1. The van der Waals surface area contributed by atoms with Crippen LogP contribution in [0.3, 0.4) is 0 Å². The number of hydrogen-bond donors (Lipinski definition) is 0. The van der Waals surface area contributed by atoms with Gasteiger partial charge in [0.15, 0.2) is 0 Å². The molecule has 0 unspecified atom stereocenters. The number of methoxy groups -OCH3 is 1. The van der Waals surface area contributed by atoms with Crippen molar-refractivity contribution >= 4 is 0 Å². The van der Waals surface area contributed by atoms with Crippen LogP contribution < -0.4 is 0 Å². The maximum atomic E-state index is 6.68. The zero-order chi connectivity index (χ0) is 14.0. The van der Waals surface area contributed by atoms with E-state index in [1.807, 2.05) is 0 Å². The molecule has 3 aliphatic rings. The second-order valence-corrected chi connectivity index (χ2v) is 6.37. The van der Waals surface area contributed by atoms with Crippen molar-refractivity contribution in [1.82, 2.24) is 4.90 Å². The highest BCUT2D eigenvalue weighted by Gasteiger charge is 2.65. The molecule has 2 bridgehead atoms. The van der Waals surface area contributed by atoms with Gasteiger partial charge in [0.05, 0.1) is 12.9 Å². The zero-order valence-electron chi connectivity index (χ0n) is 12.3. The summed E-state index contributed by atoms with van der Waals surface area (Å²) in [5, 5.41) is 0. The van der Waals surface area contributed by atoms with E-state index in [4.69, 9.17) is 9.47 Å². The van der Waals surface area contributed by atoms with Crippen LogP contribution in [0.2, 0.25) is 0 Å². The Balaban J connectivity index is 1.96. The maximum Gasteiger partial charge on any atom is 0.149 e. The van der Waals surface area contributed by atoms with Crippen LogP contribution in [0.5, 0.6) is 0 Å². The normalized spacial score (nSPS) is 37.6. The molecule has 0 amide bonds. The molecule has 1 spiro atoms. The van der Waals surface area contributed by atoms with Gasteiger partial charge >= 0.3 is 0 Å². The highest BCUT2D eigenvalue weighted by atomic mass is 16.6. The summed E-state index contributed by atoms with van der Waals surface area (Å²) in [5.41, 5.74) is 2.12. The van der Waals surface area contributed by atoms with Crippen LogP contribution in [0.25, 0.3) is 0 Å². The van der Waals surface area contributed by atoms with Crippen LogP contribution in [0.4, 0.5) is 0 Å². The largest absolute Gasteiger partial charge is 0.501 e. The highest BCUT2D eigenvalue weighted by Crippen LogP contribution is 2.65. The van der Waals surface area contributed by atoms with E-state index in [9.17, 15) is 0 Å². The Bertz CT molecular complexity index is 594. The first-order valence-electron chi connectivity index (χ1n) is 7.36. The summed E-state index contributed by atoms with van der Waals surface area (Å²) in [6.45, 7) is 0. The molecule has 0 radical (unpaired) electrons. The Morgan fingerprint density at radius 2 is 2.00 bits per heavy atom. The monoisotopic (exact) mass is 271 g/mol. The average molecular weight is 271 g/mol. The van der Waals surface area contributed by atoms with Gasteiger partial charge in [-0.25, -0.2) is 0 Å². The van der Waals surface area contributed by atoms with E-state index in [0.29, 0.717) is 5.92 Å². The molecule has 2 heterocycles. The number of hydrogen-bond acceptors (Lipinski definition) is 3. The lowest BCUT2D eigenvalue weighted by molar-refractivity contribution is -0.146. The zero-order valence-corrected chi connectivity index (χ0v) is 12.3. The molecule has 1 aromatic carbocycles. The maximum absolute atomic E-state index is 6.68. The van der Waals surface area contributed by atoms with Crippen molar-refractivity contribution < 1.29 is 9.47 Å². The number of ether oxygens (including phenoxy) is 2. The predicted octanol–water partition coefficient (Wildman–Crippen LogP) is 2.97. The molecular weight excluding hydrogens is 250 g/mol. The number of benzene rings is 1. The van der Waals surface area contributed by atoms with Crippen molar-refractivity contribution in [2.24, 2.45) is 5.92 Å². The van der Waals surface area contributed by atoms with Gasteiger partial charge in [0.2, 0.25) is 0 Å². The SMILES string of the molecule is COC1=C[C@]23O[C@](N(C)C)(C[C@@H]2CC1)c1ccccc13. The van der Waals surface area contributed by atoms with Gasteiger partial charge in [-0.05, 0) is 32.2 Å². The van der Waals surface area contributed by atoms with Crippen molar-refractivity contribution in [3.63, 3.8) is 0 Å². The van der Waals surface area contributed by atoms with E-state index in [1.165, 1.54) is 11.1 Å². The smallest absolute Gasteiger partial charge is 0.149 e. The van der Waals surface area contributed by atoms with Gasteiger partial charge in [0.1, 0.15) is 11.3 Å². The fourth-order valence-corrected chi connectivity index (χ4v) is 4.34. The summed E-state index contributed by atoms with van der Waals surface area (Å²) in [6.07, 6.45) is 5.48. The summed E-state index contributed by atoms with van der Waals surface area (Å²) in [7, 11) is 6.00. The summed E-state index contributed by atoms with van der Waals surface area (Å²) in [5.74, 6) is 1.62. The van der Waals surface area contributed by atoms with Crippen molar-refractivity contribution in [3.05, 3.63) is 47.2 Å². The van der Waals surface area contributed by atoms with Gasteiger partial charge in [-0.1, -0.05) is 24.3 Å². The van der Waals surface area contributed by atoms with Crippen LogP contribution in [-0.4, -0.2) is 26.1 Å². The molecule has 3 heteroatoms. The van der Waals surface area contributed by atoms with E-state index in [-0.39, 0.29) is 11.3 Å². The van der Waals surface area contributed by atoms with Gasteiger partial charge in [0, 0.05) is 24.3 Å². The van der Waals surface area contributed by atoms with E-state index in [0.717, 1.165) is 25.0 Å². The molecule has 1 aliphatic carbocycles. The Morgan fingerprint density at radius 1 is 1.25 bits per heavy atom. The van der Waals surface area contributed by atoms with Gasteiger partial charge in [-0.2, -0.15) is 0 Å². The Labute approximate surface area is 120 Å². The molecule has 2 aliphatic heterocycles. The topological polar surface area (TPSA) is 21.7 Å².